The third-order valence-electron chi connectivity index (χ3n) is 2.81. The number of aromatic carboxylic acids is 1. The Labute approximate surface area is 119 Å². The summed E-state index contributed by atoms with van der Waals surface area (Å²) in [5.41, 5.74) is -0.857. The van der Waals surface area contributed by atoms with E-state index in [4.69, 9.17) is 5.11 Å². The van der Waals surface area contributed by atoms with Gasteiger partial charge in [-0.3, -0.25) is 10.1 Å². The van der Waals surface area contributed by atoms with E-state index in [0.29, 0.717) is 3.97 Å². The maximum absolute atomic E-state index is 12.4. The van der Waals surface area contributed by atoms with Crippen LogP contribution in [-0.4, -0.2) is 28.4 Å². The van der Waals surface area contributed by atoms with Gasteiger partial charge in [0.1, 0.15) is 0 Å². The van der Waals surface area contributed by atoms with Crippen LogP contribution < -0.4 is 0 Å². The van der Waals surface area contributed by atoms with Gasteiger partial charge in [0.2, 0.25) is 5.69 Å². The lowest BCUT2D eigenvalue weighted by molar-refractivity contribution is -0.385. The fourth-order valence-corrected chi connectivity index (χ4v) is 3.12. The molecule has 0 aliphatic carbocycles. The zero-order valence-electron chi connectivity index (χ0n) is 10.8. The molecule has 0 aliphatic rings. The molecule has 2 rings (SSSR count). The minimum atomic E-state index is -4.21. The zero-order valence-corrected chi connectivity index (χ0v) is 11.6. The average Bonchev–Trinajstić information content (AvgIpc) is 2.84. The number of aromatic nitrogens is 1. The van der Waals surface area contributed by atoms with E-state index in [2.05, 4.69) is 0 Å². The van der Waals surface area contributed by atoms with Crippen molar-refractivity contribution in [1.29, 1.82) is 0 Å². The molecule has 0 saturated heterocycles. The van der Waals surface area contributed by atoms with Gasteiger partial charge in [-0.25, -0.2) is 17.2 Å². The highest BCUT2D eigenvalue weighted by Crippen LogP contribution is 2.25. The van der Waals surface area contributed by atoms with E-state index in [1.165, 1.54) is 12.1 Å². The molecule has 0 amide bonds. The Kier molecular flexibility index (Phi) is 3.52. The average molecular weight is 310 g/mol. The molecule has 1 heterocycles. The molecule has 1 aromatic heterocycles. The van der Waals surface area contributed by atoms with Gasteiger partial charge in [0.15, 0.2) is 0 Å². The second kappa shape index (κ2) is 5.02. The number of hydrogen-bond acceptors (Lipinski definition) is 5. The highest BCUT2D eigenvalue weighted by Gasteiger charge is 2.31. The van der Waals surface area contributed by atoms with Crippen molar-refractivity contribution >= 4 is 21.7 Å². The highest BCUT2D eigenvalue weighted by molar-refractivity contribution is 7.90. The lowest BCUT2D eigenvalue weighted by Gasteiger charge is -2.07. The summed E-state index contributed by atoms with van der Waals surface area (Å²) in [4.78, 5) is 20.8. The Balaban J connectivity index is 2.68. The first-order valence-corrected chi connectivity index (χ1v) is 7.10. The number of nitro groups is 1. The van der Waals surface area contributed by atoms with Gasteiger partial charge < -0.3 is 5.11 Å². The van der Waals surface area contributed by atoms with Crippen LogP contribution in [0.2, 0.25) is 0 Å². The molecule has 110 valence electrons. The number of hydrogen-bond donors (Lipinski definition) is 1. The van der Waals surface area contributed by atoms with Crippen LogP contribution in [0.1, 0.15) is 16.1 Å². The van der Waals surface area contributed by atoms with Gasteiger partial charge in [0, 0.05) is 12.3 Å². The number of carboxylic acids is 1. The SMILES string of the molecule is Cc1ccc(S(=O)(=O)n2ccc([N+](=O)[O-])c2C(=O)O)cc1. The van der Waals surface area contributed by atoms with E-state index >= 15 is 0 Å². The standard InChI is InChI=1S/C12H10N2O6S/c1-8-2-4-9(5-3-8)21(19,20)13-7-6-10(14(17)18)11(13)12(15)16/h2-7H,1H3,(H,15,16). The Morgan fingerprint density at radius 3 is 2.29 bits per heavy atom. The molecular formula is C12H10N2O6S. The van der Waals surface area contributed by atoms with Gasteiger partial charge in [-0.2, -0.15) is 0 Å². The van der Waals surface area contributed by atoms with Gasteiger partial charge in [0.05, 0.1) is 9.82 Å². The van der Waals surface area contributed by atoms with E-state index < -0.39 is 32.3 Å². The second-order valence-corrected chi connectivity index (χ2v) is 6.04. The first-order valence-electron chi connectivity index (χ1n) is 5.66. The van der Waals surface area contributed by atoms with E-state index in [-0.39, 0.29) is 4.90 Å². The normalized spacial score (nSPS) is 11.3. The Bertz CT molecular complexity index is 820. The first-order chi connectivity index (χ1) is 9.75. The quantitative estimate of drug-likeness (QED) is 0.677. The minimum Gasteiger partial charge on any atom is -0.476 e. The molecule has 0 saturated carbocycles. The zero-order chi connectivity index (χ0) is 15.8. The summed E-state index contributed by atoms with van der Waals surface area (Å²) >= 11 is 0. The van der Waals surface area contributed by atoms with Gasteiger partial charge in [0.25, 0.3) is 10.0 Å². The molecule has 0 atom stereocenters. The van der Waals surface area contributed by atoms with Crippen LogP contribution in [-0.2, 0) is 10.0 Å². The van der Waals surface area contributed by atoms with E-state index in [9.17, 15) is 23.3 Å². The number of aryl methyl sites for hydroxylation is 1. The van der Waals surface area contributed by atoms with E-state index in [1.807, 2.05) is 0 Å². The lowest BCUT2D eigenvalue weighted by atomic mass is 10.2. The Morgan fingerprint density at radius 1 is 1.24 bits per heavy atom. The predicted molar refractivity (Wildman–Crippen MR) is 71.8 cm³/mol. The third kappa shape index (κ3) is 2.50. The molecule has 8 nitrogen and oxygen atoms in total. The third-order valence-corrected chi connectivity index (χ3v) is 4.50. The maximum atomic E-state index is 12.4. The fraction of sp³-hybridized carbons (Fsp3) is 0.0833. The molecule has 21 heavy (non-hydrogen) atoms. The summed E-state index contributed by atoms with van der Waals surface area (Å²) in [6.45, 7) is 1.76. The molecule has 0 radical (unpaired) electrons. The Morgan fingerprint density at radius 2 is 1.81 bits per heavy atom. The summed E-state index contributed by atoms with van der Waals surface area (Å²) in [6, 6.07) is 6.55. The molecular weight excluding hydrogens is 300 g/mol. The number of nitrogens with zero attached hydrogens (tertiary/aromatic N) is 2. The maximum Gasteiger partial charge on any atom is 0.360 e. The van der Waals surface area contributed by atoms with Crippen LogP contribution in [0.4, 0.5) is 5.69 Å². The molecule has 1 N–H and O–H groups in total. The highest BCUT2D eigenvalue weighted by atomic mass is 32.2. The molecule has 0 aliphatic heterocycles. The van der Waals surface area contributed by atoms with Crippen LogP contribution in [0.25, 0.3) is 0 Å². The van der Waals surface area contributed by atoms with Crippen molar-refractivity contribution in [3.05, 3.63) is 57.9 Å². The lowest BCUT2D eigenvalue weighted by Crippen LogP contribution is -2.18. The van der Waals surface area contributed by atoms with Crippen LogP contribution in [0, 0.1) is 17.0 Å². The van der Waals surface area contributed by atoms with Crippen LogP contribution in [0.3, 0.4) is 0 Å². The molecule has 2 aromatic rings. The van der Waals surface area contributed by atoms with Crippen LogP contribution >= 0.6 is 0 Å². The predicted octanol–water partition coefficient (Wildman–Crippen LogP) is 1.64. The molecule has 0 spiro atoms. The van der Waals surface area contributed by atoms with Crippen molar-refractivity contribution in [1.82, 2.24) is 3.97 Å². The monoisotopic (exact) mass is 310 g/mol. The van der Waals surface area contributed by atoms with Crippen molar-refractivity contribution in [2.75, 3.05) is 0 Å². The van der Waals surface area contributed by atoms with Gasteiger partial charge in [-0.1, -0.05) is 17.7 Å². The van der Waals surface area contributed by atoms with Crippen molar-refractivity contribution in [3.8, 4) is 0 Å². The largest absolute Gasteiger partial charge is 0.476 e. The summed E-state index contributed by atoms with van der Waals surface area (Å²) in [5.74, 6) is -1.69. The number of carbonyl (C=O) groups is 1. The smallest absolute Gasteiger partial charge is 0.360 e. The van der Waals surface area contributed by atoms with Gasteiger partial charge in [-0.05, 0) is 19.1 Å². The van der Waals surface area contributed by atoms with Crippen LogP contribution in [0.15, 0.2) is 41.4 Å². The van der Waals surface area contributed by atoms with E-state index in [1.54, 1.807) is 19.1 Å². The second-order valence-electron chi connectivity index (χ2n) is 4.23. The van der Waals surface area contributed by atoms with E-state index in [0.717, 1.165) is 17.8 Å². The summed E-state index contributed by atoms with van der Waals surface area (Å²) < 4.78 is 25.2. The topological polar surface area (TPSA) is 120 Å². The molecule has 0 fully saturated rings. The Hall–Kier alpha value is -2.68. The molecule has 0 unspecified atom stereocenters. The number of benzene rings is 1. The molecule has 9 heteroatoms. The van der Waals surface area contributed by atoms with Crippen molar-refractivity contribution in [3.63, 3.8) is 0 Å². The van der Waals surface area contributed by atoms with Gasteiger partial charge in [-0.15, -0.1) is 0 Å². The summed E-state index contributed by atoms with van der Waals surface area (Å²) in [6.07, 6.45) is 0.858. The minimum absolute atomic E-state index is 0.152. The molecule has 0 bridgehead atoms. The summed E-state index contributed by atoms with van der Waals surface area (Å²) in [5, 5.41) is 19.8. The van der Waals surface area contributed by atoms with Gasteiger partial charge >= 0.3 is 11.7 Å². The number of carboxylic acid groups (broad SMARTS) is 1. The van der Waals surface area contributed by atoms with Crippen molar-refractivity contribution in [2.24, 2.45) is 0 Å². The van der Waals surface area contributed by atoms with Crippen molar-refractivity contribution in [2.45, 2.75) is 11.8 Å². The van der Waals surface area contributed by atoms with Crippen molar-refractivity contribution < 1.29 is 23.2 Å². The first kappa shape index (κ1) is 14.7. The fourth-order valence-electron chi connectivity index (χ4n) is 1.78. The number of rotatable bonds is 4. The molecule has 1 aromatic carbocycles. The van der Waals surface area contributed by atoms with Crippen LogP contribution in [0.5, 0.6) is 0 Å². The summed E-state index contributed by atoms with van der Waals surface area (Å²) in [7, 11) is -4.21.